The van der Waals surface area contributed by atoms with Crippen LogP contribution in [0.2, 0.25) is 0 Å². The molecule has 0 aromatic heterocycles. The number of carbonyl (C=O) groups is 6. The van der Waals surface area contributed by atoms with Crippen molar-refractivity contribution in [3.63, 3.8) is 0 Å². The lowest BCUT2D eigenvalue weighted by molar-refractivity contribution is 0.0910. The van der Waals surface area contributed by atoms with Gasteiger partial charge in [-0.3, -0.25) is 28.8 Å². The highest BCUT2D eigenvalue weighted by Crippen LogP contribution is 2.37. The second-order valence-corrected chi connectivity index (χ2v) is 10.8. The minimum atomic E-state index is -0.491. The summed E-state index contributed by atoms with van der Waals surface area (Å²) in [4.78, 5) is 79.5. The fourth-order valence-electron chi connectivity index (χ4n) is 4.88. The van der Waals surface area contributed by atoms with Gasteiger partial charge < -0.3 is 0 Å². The van der Waals surface area contributed by atoms with E-state index in [0.29, 0.717) is 32.3 Å². The molecule has 9 heteroatoms. The van der Waals surface area contributed by atoms with Gasteiger partial charge in [0.15, 0.2) is 11.6 Å². The molecule has 8 nitrogen and oxygen atoms in total. The van der Waals surface area contributed by atoms with E-state index in [9.17, 15) is 28.8 Å². The molecule has 4 amide bonds. The fraction of sp³-hybridized carbons (Fsp3) is 0.0625. The first kappa shape index (κ1) is 26.1. The Morgan fingerprint density at radius 2 is 1.00 bits per heavy atom. The third-order valence-corrected chi connectivity index (χ3v) is 7.97. The molecule has 2 aliphatic rings. The Morgan fingerprint density at radius 1 is 0.512 bits per heavy atom. The molecular formula is C32H20N2O6S. The largest absolute Gasteiger partial charge is 0.295 e. The van der Waals surface area contributed by atoms with Crippen LogP contribution in [0.3, 0.4) is 0 Å². The van der Waals surface area contributed by atoms with Gasteiger partial charge in [0.25, 0.3) is 23.6 Å². The molecule has 0 bridgehead atoms. The van der Waals surface area contributed by atoms with Gasteiger partial charge in [0.2, 0.25) is 0 Å². The molecule has 0 saturated heterocycles. The summed E-state index contributed by atoms with van der Waals surface area (Å²) in [5, 5.41) is 0. The lowest BCUT2D eigenvalue weighted by atomic mass is 10.1. The molecule has 4 aromatic carbocycles. The number of hydrogen-bond acceptors (Lipinski definition) is 7. The van der Waals surface area contributed by atoms with Crippen molar-refractivity contribution < 1.29 is 28.8 Å². The zero-order valence-electron chi connectivity index (χ0n) is 21.8. The third-order valence-electron chi connectivity index (χ3n) is 6.99. The first-order chi connectivity index (χ1) is 19.6. The van der Waals surface area contributed by atoms with Crippen molar-refractivity contribution in [2.75, 3.05) is 9.80 Å². The Bertz CT molecular complexity index is 1860. The van der Waals surface area contributed by atoms with Crippen LogP contribution in [0, 0.1) is 0 Å². The molecule has 0 N–H and O–H groups in total. The molecule has 6 rings (SSSR count). The highest BCUT2D eigenvalue weighted by Gasteiger charge is 2.38. The van der Waals surface area contributed by atoms with Gasteiger partial charge in [-0.2, -0.15) is 0 Å². The summed E-state index contributed by atoms with van der Waals surface area (Å²) in [7, 11) is 0. The van der Waals surface area contributed by atoms with Gasteiger partial charge in [0.1, 0.15) is 0 Å². The number of rotatable bonds is 6. The van der Waals surface area contributed by atoms with Crippen molar-refractivity contribution >= 4 is 58.3 Å². The lowest BCUT2D eigenvalue weighted by Gasteiger charge is -2.14. The summed E-state index contributed by atoms with van der Waals surface area (Å²) in [6, 6.07) is 22.5. The Morgan fingerprint density at radius 3 is 1.51 bits per heavy atom. The molecule has 0 unspecified atom stereocenters. The number of anilines is 2. The average Bonchev–Trinajstić information content (AvgIpc) is 3.36. The van der Waals surface area contributed by atoms with Crippen LogP contribution in [-0.2, 0) is 0 Å². The van der Waals surface area contributed by atoms with E-state index in [1.165, 1.54) is 31.7 Å². The zero-order chi connectivity index (χ0) is 29.0. The fourth-order valence-corrected chi connectivity index (χ4v) is 5.78. The number of hydrogen-bond donors (Lipinski definition) is 0. The number of imide groups is 2. The molecule has 200 valence electrons. The van der Waals surface area contributed by atoms with Crippen LogP contribution in [-0.4, -0.2) is 35.2 Å². The van der Waals surface area contributed by atoms with Crippen LogP contribution in [0.4, 0.5) is 11.4 Å². The van der Waals surface area contributed by atoms with Crippen molar-refractivity contribution in [2.45, 2.75) is 23.6 Å². The predicted molar refractivity (Wildman–Crippen MR) is 152 cm³/mol. The predicted octanol–water partition coefficient (Wildman–Crippen LogP) is 5.84. The quantitative estimate of drug-likeness (QED) is 0.215. The Balaban J connectivity index is 1.25. The first-order valence-electron chi connectivity index (χ1n) is 12.6. The zero-order valence-corrected chi connectivity index (χ0v) is 22.7. The standard InChI is InChI=1S/C32H20N2O6S/c1-17(35)19-6-8-21(9-7-19)33-29(37)25-12-10-23(15-27(25)31(33)39)41-24-11-13-26-28(16-24)32(40)34(30(26)38)22-5-3-4-20(14-22)18(2)36/h3-16H,1-2H3. The van der Waals surface area contributed by atoms with E-state index in [2.05, 4.69) is 0 Å². The maximum absolute atomic E-state index is 13.3. The lowest BCUT2D eigenvalue weighted by Crippen LogP contribution is -2.29. The molecule has 0 spiro atoms. The SMILES string of the molecule is CC(=O)c1ccc(N2C(=O)c3ccc(Sc4ccc5c(c4)C(=O)N(c4cccc(C(C)=O)c4)C5=O)cc3C2=O)cc1. The number of carbonyl (C=O) groups excluding carboxylic acids is 6. The second-order valence-electron chi connectivity index (χ2n) is 9.62. The highest BCUT2D eigenvalue weighted by molar-refractivity contribution is 7.99. The minimum Gasteiger partial charge on any atom is -0.295 e. The summed E-state index contributed by atoms with van der Waals surface area (Å²) < 4.78 is 0. The summed E-state index contributed by atoms with van der Waals surface area (Å²) in [5.41, 5.74) is 2.58. The topological polar surface area (TPSA) is 109 Å². The molecule has 0 fully saturated rings. The summed E-state index contributed by atoms with van der Waals surface area (Å²) in [5.74, 6) is -2.18. The van der Waals surface area contributed by atoms with Crippen LogP contribution < -0.4 is 9.80 Å². The second kappa shape index (κ2) is 9.79. The van der Waals surface area contributed by atoms with E-state index in [4.69, 9.17) is 0 Å². The van der Waals surface area contributed by atoms with Gasteiger partial charge in [-0.1, -0.05) is 23.9 Å². The average molecular weight is 561 g/mol. The Labute approximate surface area is 238 Å². The van der Waals surface area contributed by atoms with E-state index < -0.39 is 23.6 Å². The van der Waals surface area contributed by atoms with E-state index in [1.807, 2.05) is 0 Å². The van der Waals surface area contributed by atoms with Crippen molar-refractivity contribution in [1.82, 2.24) is 0 Å². The maximum Gasteiger partial charge on any atom is 0.266 e. The van der Waals surface area contributed by atoms with Gasteiger partial charge in [-0.15, -0.1) is 0 Å². The van der Waals surface area contributed by atoms with E-state index in [-0.39, 0.29) is 33.8 Å². The molecule has 0 atom stereocenters. The summed E-state index contributed by atoms with van der Waals surface area (Å²) in [6.07, 6.45) is 0. The molecule has 4 aromatic rings. The van der Waals surface area contributed by atoms with Crippen LogP contribution in [0.1, 0.15) is 76.0 Å². The molecule has 2 aliphatic heterocycles. The number of nitrogens with zero attached hydrogens (tertiary/aromatic N) is 2. The van der Waals surface area contributed by atoms with E-state index in [1.54, 1.807) is 78.9 Å². The molecule has 0 aliphatic carbocycles. The molecular weight excluding hydrogens is 540 g/mol. The smallest absolute Gasteiger partial charge is 0.266 e. The summed E-state index contributed by atoms with van der Waals surface area (Å²) in [6.45, 7) is 2.85. The molecule has 2 heterocycles. The Kier molecular flexibility index (Phi) is 6.23. The van der Waals surface area contributed by atoms with E-state index >= 15 is 0 Å². The third kappa shape index (κ3) is 4.36. The van der Waals surface area contributed by atoms with Crippen LogP contribution in [0.25, 0.3) is 0 Å². The van der Waals surface area contributed by atoms with Crippen LogP contribution in [0.15, 0.2) is 94.7 Å². The monoisotopic (exact) mass is 560 g/mol. The van der Waals surface area contributed by atoms with Crippen molar-refractivity contribution in [3.05, 3.63) is 118 Å². The van der Waals surface area contributed by atoms with Gasteiger partial charge >= 0.3 is 0 Å². The molecule has 0 saturated carbocycles. The Hall–Kier alpha value is -5.15. The van der Waals surface area contributed by atoms with Crippen molar-refractivity contribution in [2.24, 2.45) is 0 Å². The first-order valence-corrected chi connectivity index (χ1v) is 13.4. The number of Topliss-reactive ketones (excluding diaryl/α,β-unsaturated/α-hetero) is 2. The molecule has 41 heavy (non-hydrogen) atoms. The van der Waals surface area contributed by atoms with Gasteiger partial charge in [-0.05, 0) is 86.6 Å². The normalized spacial score (nSPS) is 14.0. The van der Waals surface area contributed by atoms with Gasteiger partial charge in [-0.25, -0.2) is 9.80 Å². The van der Waals surface area contributed by atoms with Crippen molar-refractivity contribution in [3.8, 4) is 0 Å². The maximum atomic E-state index is 13.3. The van der Waals surface area contributed by atoms with Crippen molar-refractivity contribution in [1.29, 1.82) is 0 Å². The van der Waals surface area contributed by atoms with Gasteiger partial charge in [0.05, 0.1) is 33.6 Å². The minimum absolute atomic E-state index is 0.118. The van der Waals surface area contributed by atoms with Gasteiger partial charge in [0, 0.05) is 20.9 Å². The van der Waals surface area contributed by atoms with Crippen LogP contribution in [0.5, 0.6) is 0 Å². The summed E-state index contributed by atoms with van der Waals surface area (Å²) >= 11 is 1.29. The number of amides is 4. The number of benzene rings is 4. The number of fused-ring (bicyclic) bond motifs is 2. The highest BCUT2D eigenvalue weighted by atomic mass is 32.2. The van der Waals surface area contributed by atoms with Crippen LogP contribution >= 0.6 is 11.8 Å². The molecule has 0 radical (unpaired) electrons. The number of ketones is 2. The van der Waals surface area contributed by atoms with E-state index in [0.717, 1.165) is 9.80 Å².